The molecular weight excluding hydrogens is 378 g/mol. The number of hydrogen-bond acceptors (Lipinski definition) is 4. The number of aromatic amines is 1. The Labute approximate surface area is 176 Å². The van der Waals surface area contributed by atoms with Crippen LogP contribution in [0.1, 0.15) is 35.8 Å². The van der Waals surface area contributed by atoms with Crippen LogP contribution in [0.15, 0.2) is 60.7 Å². The Kier molecular flexibility index (Phi) is 6.14. The minimum Gasteiger partial charge on any atom is -0.488 e. The molecule has 0 spiro atoms. The van der Waals surface area contributed by atoms with Gasteiger partial charge in [0.1, 0.15) is 17.5 Å². The zero-order valence-electron chi connectivity index (χ0n) is 17.4. The maximum absolute atomic E-state index is 13.2. The molecule has 1 atom stereocenters. The lowest BCUT2D eigenvalue weighted by atomic mass is 10.1. The third kappa shape index (κ3) is 4.89. The predicted molar refractivity (Wildman–Crippen MR) is 115 cm³/mol. The number of amides is 1. The lowest BCUT2D eigenvalue weighted by molar-refractivity contribution is 0.0723. The molecule has 156 valence electrons. The van der Waals surface area contributed by atoms with Crippen LogP contribution in [0.2, 0.25) is 0 Å². The van der Waals surface area contributed by atoms with Crippen LogP contribution in [0, 0.1) is 0 Å². The van der Waals surface area contributed by atoms with E-state index in [4.69, 9.17) is 9.47 Å². The van der Waals surface area contributed by atoms with Crippen LogP contribution in [-0.2, 0) is 11.3 Å². The van der Waals surface area contributed by atoms with Crippen molar-refractivity contribution in [1.29, 1.82) is 0 Å². The number of H-pyrrole nitrogens is 1. The molecule has 0 aliphatic heterocycles. The first-order valence-corrected chi connectivity index (χ1v) is 10.3. The number of hydrogen-bond donors (Lipinski definition) is 1. The van der Waals surface area contributed by atoms with Crippen molar-refractivity contribution in [2.24, 2.45) is 0 Å². The largest absolute Gasteiger partial charge is 0.488 e. The second-order valence-corrected chi connectivity index (χ2v) is 7.73. The molecule has 1 fully saturated rings. The fourth-order valence-electron chi connectivity index (χ4n) is 3.51. The molecule has 1 unspecified atom stereocenters. The SMILES string of the molecule is COCC(C)Oc1cccc(CN(C(=O)c2cc(-c3ccccc3)n[nH]2)C2CC2)c1. The summed E-state index contributed by atoms with van der Waals surface area (Å²) in [7, 11) is 1.66. The summed E-state index contributed by atoms with van der Waals surface area (Å²) in [6.07, 6.45) is 2.03. The predicted octanol–water partition coefficient (Wildman–Crippen LogP) is 4.30. The Hall–Kier alpha value is -3.12. The van der Waals surface area contributed by atoms with Gasteiger partial charge in [-0.1, -0.05) is 42.5 Å². The van der Waals surface area contributed by atoms with Gasteiger partial charge in [-0.15, -0.1) is 0 Å². The Balaban J connectivity index is 1.48. The van der Waals surface area contributed by atoms with Crippen LogP contribution in [0.5, 0.6) is 5.75 Å². The molecule has 30 heavy (non-hydrogen) atoms. The number of nitrogens with one attached hydrogen (secondary N) is 1. The summed E-state index contributed by atoms with van der Waals surface area (Å²) < 4.78 is 11.0. The second kappa shape index (κ2) is 9.13. The Morgan fingerprint density at radius 1 is 1.17 bits per heavy atom. The molecule has 0 saturated heterocycles. The molecule has 1 amide bonds. The van der Waals surface area contributed by atoms with Crippen molar-refractivity contribution in [2.45, 2.75) is 38.5 Å². The van der Waals surface area contributed by atoms with Gasteiger partial charge in [-0.3, -0.25) is 9.89 Å². The van der Waals surface area contributed by atoms with Crippen LogP contribution >= 0.6 is 0 Å². The highest BCUT2D eigenvalue weighted by Crippen LogP contribution is 2.31. The number of aromatic nitrogens is 2. The van der Waals surface area contributed by atoms with E-state index in [-0.39, 0.29) is 18.1 Å². The van der Waals surface area contributed by atoms with Crippen LogP contribution in [0.3, 0.4) is 0 Å². The number of methoxy groups -OCH3 is 1. The summed E-state index contributed by atoms with van der Waals surface area (Å²) >= 11 is 0. The zero-order valence-corrected chi connectivity index (χ0v) is 17.4. The van der Waals surface area contributed by atoms with Crippen molar-refractivity contribution in [1.82, 2.24) is 15.1 Å². The van der Waals surface area contributed by atoms with Crippen LogP contribution in [-0.4, -0.2) is 46.9 Å². The summed E-state index contributed by atoms with van der Waals surface area (Å²) in [5.74, 6) is 0.763. The third-order valence-corrected chi connectivity index (χ3v) is 5.12. The average molecular weight is 405 g/mol. The maximum Gasteiger partial charge on any atom is 0.272 e. The van der Waals surface area contributed by atoms with E-state index in [1.165, 1.54) is 0 Å². The molecule has 1 N–H and O–H groups in total. The highest BCUT2D eigenvalue weighted by atomic mass is 16.5. The summed E-state index contributed by atoms with van der Waals surface area (Å²) in [5, 5.41) is 7.26. The summed E-state index contributed by atoms with van der Waals surface area (Å²) in [6.45, 7) is 3.04. The molecule has 2 aromatic carbocycles. The lowest BCUT2D eigenvalue weighted by Crippen LogP contribution is -2.32. The van der Waals surface area contributed by atoms with Gasteiger partial charge in [0, 0.05) is 25.3 Å². The highest BCUT2D eigenvalue weighted by Gasteiger charge is 2.34. The maximum atomic E-state index is 13.2. The van der Waals surface area contributed by atoms with Crippen molar-refractivity contribution < 1.29 is 14.3 Å². The van der Waals surface area contributed by atoms with E-state index in [9.17, 15) is 4.79 Å². The van der Waals surface area contributed by atoms with Gasteiger partial charge in [0.05, 0.1) is 12.3 Å². The van der Waals surface area contributed by atoms with E-state index >= 15 is 0 Å². The molecule has 1 aliphatic rings. The molecule has 1 aliphatic carbocycles. The third-order valence-electron chi connectivity index (χ3n) is 5.12. The van der Waals surface area contributed by atoms with E-state index in [1.807, 2.05) is 72.5 Å². The van der Waals surface area contributed by atoms with Gasteiger partial charge >= 0.3 is 0 Å². The normalized spacial score (nSPS) is 14.3. The molecule has 1 heterocycles. The van der Waals surface area contributed by atoms with E-state index in [2.05, 4.69) is 10.2 Å². The summed E-state index contributed by atoms with van der Waals surface area (Å²) in [5.41, 5.74) is 3.32. The first kappa shape index (κ1) is 20.2. The van der Waals surface area contributed by atoms with E-state index < -0.39 is 0 Å². The van der Waals surface area contributed by atoms with Crippen molar-refractivity contribution >= 4 is 5.91 Å². The minimum absolute atomic E-state index is 0.0220. The van der Waals surface area contributed by atoms with Gasteiger partial charge < -0.3 is 14.4 Å². The van der Waals surface area contributed by atoms with Gasteiger partial charge in [-0.2, -0.15) is 5.10 Å². The summed E-state index contributed by atoms with van der Waals surface area (Å²) in [6, 6.07) is 19.9. The van der Waals surface area contributed by atoms with Gasteiger partial charge in [-0.25, -0.2) is 0 Å². The fraction of sp³-hybridized carbons (Fsp3) is 0.333. The van der Waals surface area contributed by atoms with Crippen LogP contribution < -0.4 is 4.74 Å². The lowest BCUT2D eigenvalue weighted by Gasteiger charge is -2.22. The monoisotopic (exact) mass is 405 g/mol. The van der Waals surface area contributed by atoms with Crippen molar-refractivity contribution in [3.63, 3.8) is 0 Å². The van der Waals surface area contributed by atoms with Gasteiger partial charge in [0.15, 0.2) is 0 Å². The van der Waals surface area contributed by atoms with E-state index in [0.29, 0.717) is 18.8 Å². The first-order valence-electron chi connectivity index (χ1n) is 10.3. The topological polar surface area (TPSA) is 67.5 Å². The minimum atomic E-state index is -0.0344. The summed E-state index contributed by atoms with van der Waals surface area (Å²) in [4.78, 5) is 15.2. The molecular formula is C24H27N3O3. The van der Waals surface area contributed by atoms with Crippen molar-refractivity contribution in [2.75, 3.05) is 13.7 Å². The van der Waals surface area contributed by atoms with Crippen molar-refractivity contribution in [3.8, 4) is 17.0 Å². The fourth-order valence-corrected chi connectivity index (χ4v) is 3.51. The van der Waals surface area contributed by atoms with E-state index in [0.717, 1.165) is 35.4 Å². The first-order chi connectivity index (χ1) is 14.6. The molecule has 6 heteroatoms. The molecule has 0 bridgehead atoms. The molecule has 3 aromatic rings. The number of carbonyl (C=O) groups is 1. The average Bonchev–Trinajstić information content (AvgIpc) is 3.48. The molecule has 1 aromatic heterocycles. The molecule has 6 nitrogen and oxygen atoms in total. The Morgan fingerprint density at radius 2 is 1.97 bits per heavy atom. The van der Waals surface area contributed by atoms with Gasteiger partial charge in [0.25, 0.3) is 5.91 Å². The quantitative estimate of drug-likeness (QED) is 0.577. The van der Waals surface area contributed by atoms with E-state index in [1.54, 1.807) is 7.11 Å². The number of benzene rings is 2. The number of nitrogens with zero attached hydrogens (tertiary/aromatic N) is 2. The molecule has 1 saturated carbocycles. The van der Waals surface area contributed by atoms with Gasteiger partial charge in [-0.05, 0) is 43.5 Å². The second-order valence-electron chi connectivity index (χ2n) is 7.73. The Bertz CT molecular complexity index is 982. The number of rotatable bonds is 9. The smallest absolute Gasteiger partial charge is 0.272 e. The van der Waals surface area contributed by atoms with Crippen LogP contribution in [0.25, 0.3) is 11.3 Å². The highest BCUT2D eigenvalue weighted by molar-refractivity contribution is 5.93. The zero-order chi connectivity index (χ0) is 20.9. The Morgan fingerprint density at radius 3 is 2.70 bits per heavy atom. The number of carbonyl (C=O) groups excluding carboxylic acids is 1. The standard InChI is InChI=1S/C24H27N3O3/c1-17(16-29-2)30-21-10-6-7-18(13-21)15-27(20-11-12-20)24(28)23-14-22(25-26-23)19-8-4-3-5-9-19/h3-10,13-14,17,20H,11-12,15-16H2,1-2H3,(H,25,26). The van der Waals surface area contributed by atoms with Gasteiger partial charge in [0.2, 0.25) is 0 Å². The van der Waals surface area contributed by atoms with Crippen LogP contribution in [0.4, 0.5) is 0 Å². The van der Waals surface area contributed by atoms with Crippen molar-refractivity contribution in [3.05, 3.63) is 71.9 Å². The number of ether oxygens (including phenoxy) is 2. The molecule has 4 rings (SSSR count). The molecule has 0 radical (unpaired) electrons.